The highest BCUT2D eigenvalue weighted by Gasteiger charge is 2.23. The molecule has 0 unspecified atom stereocenters. The number of rotatable bonds is 7. The Balaban J connectivity index is 1.94. The van der Waals surface area contributed by atoms with Crippen LogP contribution < -0.4 is 5.32 Å². The number of aryl methyl sites for hydroxylation is 2. The maximum Gasteiger partial charge on any atom is 0.410 e. The summed E-state index contributed by atoms with van der Waals surface area (Å²) in [7, 11) is 0. The lowest BCUT2D eigenvalue weighted by atomic mass is 10.2. The molecule has 158 valence electrons. The van der Waals surface area contributed by atoms with E-state index in [2.05, 4.69) is 26.2 Å². The number of hydrogen-bond donors (Lipinski definition) is 1. The Hall–Kier alpha value is -2.35. The Labute approximate surface area is 179 Å². The molecule has 0 spiro atoms. The molecule has 29 heavy (non-hydrogen) atoms. The van der Waals surface area contributed by atoms with Gasteiger partial charge in [-0.2, -0.15) is 0 Å². The van der Waals surface area contributed by atoms with E-state index in [4.69, 9.17) is 9.15 Å². The van der Waals surface area contributed by atoms with Gasteiger partial charge in [-0.15, -0.1) is 0 Å². The highest BCUT2D eigenvalue weighted by Crippen LogP contribution is 2.27. The predicted octanol–water partition coefficient (Wildman–Crippen LogP) is 4.61. The molecule has 0 aromatic carbocycles. The summed E-state index contributed by atoms with van der Waals surface area (Å²) in [5.74, 6) is 1.03. The van der Waals surface area contributed by atoms with Gasteiger partial charge in [0.1, 0.15) is 17.1 Å². The fraction of sp³-hybridized carbons (Fsp3) is 0.476. The van der Waals surface area contributed by atoms with Crippen LogP contribution in [0.5, 0.6) is 0 Å². The van der Waals surface area contributed by atoms with Crippen LogP contribution >= 0.6 is 15.9 Å². The van der Waals surface area contributed by atoms with Gasteiger partial charge in [0.2, 0.25) is 0 Å². The van der Waals surface area contributed by atoms with Crippen molar-refractivity contribution < 1.29 is 18.7 Å². The van der Waals surface area contributed by atoms with Crippen molar-refractivity contribution in [2.45, 2.75) is 53.2 Å². The van der Waals surface area contributed by atoms with E-state index in [1.807, 2.05) is 32.9 Å². The minimum absolute atomic E-state index is 0.206. The monoisotopic (exact) mass is 465 g/mol. The first-order chi connectivity index (χ1) is 13.6. The Morgan fingerprint density at radius 2 is 2.00 bits per heavy atom. The fourth-order valence-electron chi connectivity index (χ4n) is 2.75. The van der Waals surface area contributed by atoms with E-state index >= 15 is 0 Å². The normalized spacial score (nSPS) is 11.2. The first-order valence-electron chi connectivity index (χ1n) is 9.49. The molecule has 0 aliphatic heterocycles. The molecule has 2 heterocycles. The van der Waals surface area contributed by atoms with Crippen LogP contribution in [0.25, 0.3) is 0 Å². The van der Waals surface area contributed by atoms with Crippen molar-refractivity contribution in [3.63, 3.8) is 0 Å². The van der Waals surface area contributed by atoms with Crippen LogP contribution in [-0.2, 0) is 11.3 Å². The number of hydrogen-bond acceptors (Lipinski definition) is 5. The number of amides is 2. The van der Waals surface area contributed by atoms with Crippen molar-refractivity contribution >= 4 is 27.9 Å². The van der Waals surface area contributed by atoms with Crippen molar-refractivity contribution in [2.75, 3.05) is 13.1 Å². The van der Waals surface area contributed by atoms with Gasteiger partial charge in [-0.25, -0.2) is 4.79 Å². The molecule has 8 heteroatoms. The van der Waals surface area contributed by atoms with Gasteiger partial charge in [0.05, 0.1) is 16.6 Å². The molecule has 0 fully saturated rings. The van der Waals surface area contributed by atoms with Gasteiger partial charge in [-0.1, -0.05) is 6.07 Å². The Bertz CT molecular complexity index is 844. The third kappa shape index (κ3) is 6.88. The average molecular weight is 466 g/mol. The van der Waals surface area contributed by atoms with Crippen LogP contribution in [0, 0.1) is 13.8 Å². The molecule has 0 radical (unpaired) electrons. The SMILES string of the molecule is Cc1oc(C)c(C(=O)NCCCN(Cc2cccnc2)C(=O)OC(C)(C)C)c1Br. The summed E-state index contributed by atoms with van der Waals surface area (Å²) in [4.78, 5) is 30.7. The summed E-state index contributed by atoms with van der Waals surface area (Å²) in [6.07, 6.45) is 3.60. The summed E-state index contributed by atoms with van der Waals surface area (Å²) in [5, 5.41) is 2.88. The summed E-state index contributed by atoms with van der Waals surface area (Å²) in [5.41, 5.74) is 0.833. The van der Waals surface area contributed by atoms with Gasteiger partial charge < -0.3 is 19.4 Å². The zero-order valence-electron chi connectivity index (χ0n) is 17.5. The molecular formula is C21H28BrN3O4. The number of halogens is 1. The van der Waals surface area contributed by atoms with E-state index in [9.17, 15) is 9.59 Å². The van der Waals surface area contributed by atoms with Crippen molar-refractivity contribution in [2.24, 2.45) is 0 Å². The van der Waals surface area contributed by atoms with Crippen molar-refractivity contribution in [1.29, 1.82) is 0 Å². The molecule has 0 atom stereocenters. The van der Waals surface area contributed by atoms with E-state index < -0.39 is 11.7 Å². The number of nitrogens with one attached hydrogen (secondary N) is 1. The largest absolute Gasteiger partial charge is 0.465 e. The number of carbonyl (C=O) groups excluding carboxylic acids is 2. The maximum atomic E-state index is 12.6. The zero-order chi connectivity index (χ0) is 21.6. The van der Waals surface area contributed by atoms with Crippen LogP contribution in [0.2, 0.25) is 0 Å². The highest BCUT2D eigenvalue weighted by atomic mass is 79.9. The number of ether oxygens (including phenoxy) is 1. The van der Waals surface area contributed by atoms with Gasteiger partial charge >= 0.3 is 6.09 Å². The second kappa shape index (κ2) is 9.91. The summed E-state index contributed by atoms with van der Waals surface area (Å²) >= 11 is 3.39. The van der Waals surface area contributed by atoms with Gasteiger partial charge in [0.15, 0.2) is 0 Å². The molecule has 2 aromatic rings. The first-order valence-corrected chi connectivity index (χ1v) is 10.3. The number of carbonyl (C=O) groups is 2. The number of aromatic nitrogens is 1. The highest BCUT2D eigenvalue weighted by molar-refractivity contribution is 9.10. The minimum Gasteiger partial charge on any atom is -0.465 e. The van der Waals surface area contributed by atoms with E-state index in [0.29, 0.717) is 47.6 Å². The van der Waals surface area contributed by atoms with Crippen LogP contribution in [0.1, 0.15) is 54.6 Å². The molecule has 0 bridgehead atoms. The standard InChI is InChI=1S/C21H28BrN3O4/c1-14-17(18(22)15(2)28-14)19(26)24-10-7-11-25(20(27)29-21(3,4)5)13-16-8-6-9-23-12-16/h6,8-9,12H,7,10-11,13H2,1-5H3,(H,24,26). The zero-order valence-corrected chi connectivity index (χ0v) is 19.1. The third-order valence-electron chi connectivity index (χ3n) is 4.05. The Morgan fingerprint density at radius 3 is 2.55 bits per heavy atom. The van der Waals surface area contributed by atoms with Gasteiger partial charge in [0, 0.05) is 25.5 Å². The molecule has 0 aliphatic rings. The van der Waals surface area contributed by atoms with Gasteiger partial charge in [0.25, 0.3) is 5.91 Å². The molecule has 2 rings (SSSR count). The van der Waals surface area contributed by atoms with Crippen LogP contribution in [-0.4, -0.2) is 40.6 Å². The first kappa shape index (κ1) is 22.9. The van der Waals surface area contributed by atoms with E-state index in [1.54, 1.807) is 31.1 Å². The summed E-state index contributed by atoms with van der Waals surface area (Å²) in [6, 6.07) is 3.74. The minimum atomic E-state index is -0.582. The molecule has 7 nitrogen and oxygen atoms in total. The lowest BCUT2D eigenvalue weighted by Gasteiger charge is -2.27. The predicted molar refractivity (Wildman–Crippen MR) is 114 cm³/mol. The van der Waals surface area contributed by atoms with E-state index in [1.165, 1.54) is 0 Å². The third-order valence-corrected chi connectivity index (χ3v) is 5.01. The van der Waals surface area contributed by atoms with Crippen molar-refractivity contribution in [1.82, 2.24) is 15.2 Å². The Kier molecular flexibility index (Phi) is 7.84. The van der Waals surface area contributed by atoms with Gasteiger partial charge in [-0.3, -0.25) is 9.78 Å². The summed E-state index contributed by atoms with van der Waals surface area (Å²) in [6.45, 7) is 10.3. The molecule has 2 amide bonds. The smallest absolute Gasteiger partial charge is 0.410 e. The quantitative estimate of drug-likeness (QED) is 0.603. The summed E-state index contributed by atoms with van der Waals surface area (Å²) < 4.78 is 11.7. The van der Waals surface area contributed by atoms with Gasteiger partial charge in [-0.05, 0) is 68.6 Å². The molecule has 0 saturated heterocycles. The average Bonchev–Trinajstić information content (AvgIpc) is 2.88. The second-order valence-electron chi connectivity index (χ2n) is 7.78. The number of furan rings is 1. The number of nitrogens with zero attached hydrogens (tertiary/aromatic N) is 2. The van der Waals surface area contributed by atoms with Crippen molar-refractivity contribution in [3.8, 4) is 0 Å². The van der Waals surface area contributed by atoms with E-state index in [0.717, 1.165) is 5.56 Å². The second-order valence-corrected chi connectivity index (χ2v) is 8.57. The fourth-order valence-corrected chi connectivity index (χ4v) is 3.29. The van der Waals surface area contributed by atoms with E-state index in [-0.39, 0.29) is 5.91 Å². The van der Waals surface area contributed by atoms with Crippen LogP contribution in [0.4, 0.5) is 4.79 Å². The molecule has 2 aromatic heterocycles. The lowest BCUT2D eigenvalue weighted by Crippen LogP contribution is -2.38. The maximum absolute atomic E-state index is 12.6. The number of pyridine rings is 1. The lowest BCUT2D eigenvalue weighted by molar-refractivity contribution is 0.0232. The van der Waals surface area contributed by atoms with Crippen molar-refractivity contribution in [3.05, 3.63) is 51.6 Å². The van der Waals surface area contributed by atoms with Crippen LogP contribution in [0.15, 0.2) is 33.4 Å². The molecular weight excluding hydrogens is 438 g/mol. The molecule has 0 saturated carbocycles. The molecule has 1 N–H and O–H groups in total. The Morgan fingerprint density at radius 1 is 1.28 bits per heavy atom. The molecule has 0 aliphatic carbocycles. The van der Waals surface area contributed by atoms with Crippen LogP contribution in [0.3, 0.4) is 0 Å². The topological polar surface area (TPSA) is 84.7 Å².